The van der Waals surface area contributed by atoms with Crippen molar-refractivity contribution < 1.29 is 0 Å². The molecule has 0 fully saturated rings. The normalized spacial score (nSPS) is 13.3. The summed E-state index contributed by atoms with van der Waals surface area (Å²) in [6.07, 6.45) is 2.45. The average Bonchev–Trinajstić information content (AvgIpc) is 2.05. The molecule has 72 valence electrons. The van der Waals surface area contributed by atoms with Gasteiger partial charge in [-0.2, -0.15) is 0 Å². The van der Waals surface area contributed by atoms with Gasteiger partial charge in [-0.1, -0.05) is 32.5 Å². The quantitative estimate of drug-likeness (QED) is 0.644. The summed E-state index contributed by atoms with van der Waals surface area (Å²) in [5, 5.41) is 0. The Morgan fingerprint density at radius 3 is 2.42 bits per heavy atom. The Kier molecular flexibility index (Phi) is 6.30. The van der Waals surface area contributed by atoms with Crippen LogP contribution in [0.3, 0.4) is 0 Å². The van der Waals surface area contributed by atoms with Crippen molar-refractivity contribution in [1.82, 2.24) is 4.90 Å². The molecule has 2 nitrogen and oxygen atoms in total. The third-order valence-corrected chi connectivity index (χ3v) is 2.51. The number of nitrogens with two attached hydrogens (primary N) is 1. The van der Waals surface area contributed by atoms with E-state index in [1.165, 1.54) is 12.8 Å². The molecule has 0 rings (SSSR count). The topological polar surface area (TPSA) is 29.3 Å². The summed E-state index contributed by atoms with van der Waals surface area (Å²) in [4.78, 5) is 2.92. The van der Waals surface area contributed by atoms with Crippen molar-refractivity contribution in [2.75, 3.05) is 13.1 Å². The highest BCUT2D eigenvalue weighted by atomic mass is 32.1. The van der Waals surface area contributed by atoms with Crippen LogP contribution in [0.2, 0.25) is 0 Å². The Bertz CT molecular complexity index is 136. The fourth-order valence-electron chi connectivity index (χ4n) is 1.17. The molecule has 0 amide bonds. The van der Waals surface area contributed by atoms with Gasteiger partial charge in [0.25, 0.3) is 0 Å². The predicted octanol–water partition coefficient (Wildman–Crippen LogP) is 1.78. The summed E-state index contributed by atoms with van der Waals surface area (Å²) < 4.78 is 0. The van der Waals surface area contributed by atoms with Crippen molar-refractivity contribution in [3.05, 3.63) is 0 Å². The van der Waals surface area contributed by atoms with E-state index in [0.29, 0.717) is 4.99 Å². The summed E-state index contributed by atoms with van der Waals surface area (Å²) in [5.74, 6) is 0. The van der Waals surface area contributed by atoms with Crippen LogP contribution in [-0.4, -0.2) is 29.0 Å². The monoisotopic (exact) mass is 188 g/mol. The minimum Gasteiger partial charge on any atom is -0.392 e. The molecule has 1 unspecified atom stereocenters. The molecule has 2 N–H and O–H groups in total. The summed E-state index contributed by atoms with van der Waals surface area (Å²) in [7, 11) is 0. The SMILES string of the molecule is CCCCN(CC)C(C)C(N)=S. The van der Waals surface area contributed by atoms with E-state index in [2.05, 4.69) is 25.7 Å². The average molecular weight is 188 g/mol. The van der Waals surface area contributed by atoms with Gasteiger partial charge in [-0.25, -0.2) is 0 Å². The Labute approximate surface area is 81.1 Å². The van der Waals surface area contributed by atoms with Gasteiger partial charge in [0.15, 0.2) is 0 Å². The molecule has 3 heteroatoms. The van der Waals surface area contributed by atoms with Gasteiger partial charge in [0.1, 0.15) is 0 Å². The van der Waals surface area contributed by atoms with Crippen molar-refractivity contribution in [3.8, 4) is 0 Å². The van der Waals surface area contributed by atoms with Gasteiger partial charge < -0.3 is 5.73 Å². The lowest BCUT2D eigenvalue weighted by atomic mass is 10.2. The van der Waals surface area contributed by atoms with Crippen molar-refractivity contribution in [1.29, 1.82) is 0 Å². The highest BCUT2D eigenvalue weighted by Crippen LogP contribution is 2.01. The maximum Gasteiger partial charge on any atom is 0.0899 e. The minimum absolute atomic E-state index is 0.247. The molecule has 0 radical (unpaired) electrons. The van der Waals surface area contributed by atoms with E-state index in [-0.39, 0.29) is 6.04 Å². The van der Waals surface area contributed by atoms with Gasteiger partial charge in [-0.3, -0.25) is 4.90 Å². The molecule has 0 aliphatic rings. The molecule has 0 aromatic carbocycles. The molecule has 0 heterocycles. The van der Waals surface area contributed by atoms with E-state index in [1.54, 1.807) is 0 Å². The molecule has 0 aromatic rings. The van der Waals surface area contributed by atoms with E-state index >= 15 is 0 Å². The Balaban J connectivity index is 3.87. The van der Waals surface area contributed by atoms with Crippen LogP contribution in [0, 0.1) is 0 Å². The van der Waals surface area contributed by atoms with Gasteiger partial charge in [-0.15, -0.1) is 0 Å². The highest BCUT2D eigenvalue weighted by molar-refractivity contribution is 7.80. The van der Waals surface area contributed by atoms with Gasteiger partial charge in [0.05, 0.1) is 11.0 Å². The standard InChI is InChI=1S/C9H20N2S/c1-4-6-7-11(5-2)8(3)9(10)12/h8H,4-7H2,1-3H3,(H2,10,12). The van der Waals surface area contributed by atoms with Crippen LogP contribution in [0.4, 0.5) is 0 Å². The first-order valence-electron chi connectivity index (χ1n) is 4.66. The lowest BCUT2D eigenvalue weighted by molar-refractivity contribution is 0.263. The third-order valence-electron chi connectivity index (χ3n) is 2.16. The molecule has 0 aliphatic carbocycles. The lowest BCUT2D eigenvalue weighted by Crippen LogP contribution is -2.42. The fourth-order valence-corrected chi connectivity index (χ4v) is 1.32. The summed E-state index contributed by atoms with van der Waals surface area (Å²) in [6.45, 7) is 8.54. The van der Waals surface area contributed by atoms with Gasteiger partial charge in [-0.05, 0) is 26.4 Å². The lowest BCUT2D eigenvalue weighted by Gasteiger charge is -2.26. The number of unbranched alkanes of at least 4 members (excludes halogenated alkanes) is 1. The van der Waals surface area contributed by atoms with Crippen LogP contribution in [-0.2, 0) is 0 Å². The van der Waals surface area contributed by atoms with Gasteiger partial charge in [0.2, 0.25) is 0 Å². The van der Waals surface area contributed by atoms with Crippen LogP contribution in [0.25, 0.3) is 0 Å². The second kappa shape index (κ2) is 6.38. The van der Waals surface area contributed by atoms with Crippen molar-refractivity contribution >= 4 is 17.2 Å². The van der Waals surface area contributed by atoms with E-state index < -0.39 is 0 Å². The number of hydrogen-bond donors (Lipinski definition) is 1. The van der Waals surface area contributed by atoms with E-state index in [0.717, 1.165) is 13.1 Å². The molecule has 12 heavy (non-hydrogen) atoms. The second-order valence-electron chi connectivity index (χ2n) is 3.06. The molecular formula is C9H20N2S. The predicted molar refractivity (Wildman–Crippen MR) is 58.4 cm³/mol. The molecule has 0 saturated carbocycles. The second-order valence-corrected chi connectivity index (χ2v) is 3.53. The summed E-state index contributed by atoms with van der Waals surface area (Å²) in [6, 6.07) is 0.247. The van der Waals surface area contributed by atoms with Crippen LogP contribution in [0.5, 0.6) is 0 Å². The molecule has 0 aliphatic heterocycles. The van der Waals surface area contributed by atoms with Crippen molar-refractivity contribution in [2.24, 2.45) is 5.73 Å². The zero-order chi connectivity index (χ0) is 9.56. The van der Waals surface area contributed by atoms with E-state index in [4.69, 9.17) is 18.0 Å². The fraction of sp³-hybridized carbons (Fsp3) is 0.889. The molecule has 0 spiro atoms. The first-order valence-corrected chi connectivity index (χ1v) is 5.07. The largest absolute Gasteiger partial charge is 0.392 e. The van der Waals surface area contributed by atoms with E-state index in [9.17, 15) is 0 Å². The smallest absolute Gasteiger partial charge is 0.0899 e. The number of nitrogens with zero attached hydrogens (tertiary/aromatic N) is 1. The molecular weight excluding hydrogens is 168 g/mol. The first kappa shape index (κ1) is 11.8. The maximum absolute atomic E-state index is 5.57. The molecule has 0 saturated heterocycles. The number of rotatable bonds is 6. The zero-order valence-electron chi connectivity index (χ0n) is 8.34. The highest BCUT2D eigenvalue weighted by Gasteiger charge is 2.12. The minimum atomic E-state index is 0.247. The Morgan fingerprint density at radius 1 is 1.50 bits per heavy atom. The van der Waals surface area contributed by atoms with Crippen molar-refractivity contribution in [3.63, 3.8) is 0 Å². The molecule has 0 bridgehead atoms. The van der Waals surface area contributed by atoms with E-state index in [1.807, 2.05) is 0 Å². The zero-order valence-corrected chi connectivity index (χ0v) is 9.16. The number of likely N-dealkylation sites (N-methyl/N-ethyl adjacent to an activating group) is 1. The maximum atomic E-state index is 5.57. The van der Waals surface area contributed by atoms with Crippen LogP contribution >= 0.6 is 12.2 Å². The summed E-state index contributed by atoms with van der Waals surface area (Å²) >= 11 is 4.95. The molecule has 1 atom stereocenters. The number of thiocarbonyl (C=S) groups is 1. The van der Waals surface area contributed by atoms with Crippen LogP contribution in [0.15, 0.2) is 0 Å². The van der Waals surface area contributed by atoms with Gasteiger partial charge in [0, 0.05) is 0 Å². The first-order chi connectivity index (χ1) is 5.63. The molecule has 0 aromatic heterocycles. The summed E-state index contributed by atoms with van der Waals surface area (Å²) in [5.41, 5.74) is 5.57. The van der Waals surface area contributed by atoms with Crippen LogP contribution in [0.1, 0.15) is 33.6 Å². The Morgan fingerprint density at radius 2 is 2.08 bits per heavy atom. The van der Waals surface area contributed by atoms with Gasteiger partial charge >= 0.3 is 0 Å². The third kappa shape index (κ3) is 4.02. The van der Waals surface area contributed by atoms with Crippen LogP contribution < -0.4 is 5.73 Å². The van der Waals surface area contributed by atoms with Crippen molar-refractivity contribution in [2.45, 2.75) is 39.7 Å². The Hall–Kier alpha value is -0.150. The number of hydrogen-bond acceptors (Lipinski definition) is 2.